The van der Waals surface area contributed by atoms with E-state index < -0.39 is 6.09 Å². The van der Waals surface area contributed by atoms with Crippen LogP contribution in [-0.4, -0.2) is 12.7 Å². The molecule has 0 saturated heterocycles. The minimum atomic E-state index is -0.557. The number of carbonyl (C=O) groups excluding carboxylic acids is 1. The number of hydrogen-bond donors (Lipinski definition) is 1. The van der Waals surface area contributed by atoms with Gasteiger partial charge in [-0.2, -0.15) is 0 Å². The first-order chi connectivity index (χ1) is 8.04. The average Bonchev–Trinajstić information content (AvgIpc) is 2.26. The molecular weight excluding hydrogens is 284 g/mol. The van der Waals surface area contributed by atoms with Crippen LogP contribution in [0.1, 0.15) is 19.8 Å². The first kappa shape index (κ1) is 14.4. The van der Waals surface area contributed by atoms with E-state index in [1.54, 1.807) is 0 Å². The predicted molar refractivity (Wildman–Crippen MR) is 71.4 cm³/mol. The summed E-state index contributed by atoms with van der Waals surface area (Å²) in [6.45, 7) is 2.39. The molecule has 0 aliphatic heterocycles. The summed E-state index contributed by atoms with van der Waals surface area (Å²) in [6.07, 6.45) is 1.22. The molecule has 0 radical (unpaired) electrons. The molecular formula is C11H12Cl3NO2. The number of amides is 1. The lowest BCUT2D eigenvalue weighted by Crippen LogP contribution is -2.14. The number of rotatable bonds is 4. The van der Waals surface area contributed by atoms with Crippen molar-refractivity contribution in [1.29, 1.82) is 0 Å². The molecule has 0 fully saturated rings. The lowest BCUT2D eigenvalue weighted by atomic mass is 10.3. The highest BCUT2D eigenvalue weighted by molar-refractivity contribution is 6.44. The summed E-state index contributed by atoms with van der Waals surface area (Å²) in [6, 6.07) is 2.94. The van der Waals surface area contributed by atoms with Gasteiger partial charge in [0.05, 0.1) is 27.4 Å². The summed E-state index contributed by atoms with van der Waals surface area (Å²) in [4.78, 5) is 11.4. The molecule has 0 atom stereocenters. The van der Waals surface area contributed by atoms with E-state index in [1.165, 1.54) is 12.1 Å². The molecule has 94 valence electrons. The molecule has 6 heteroatoms. The molecule has 0 spiro atoms. The maximum atomic E-state index is 11.4. The zero-order valence-corrected chi connectivity index (χ0v) is 11.5. The van der Waals surface area contributed by atoms with Crippen molar-refractivity contribution in [3.05, 3.63) is 27.2 Å². The molecule has 0 saturated carbocycles. The second-order valence-corrected chi connectivity index (χ2v) is 4.58. The molecule has 1 aromatic carbocycles. The van der Waals surface area contributed by atoms with Gasteiger partial charge in [-0.25, -0.2) is 4.79 Å². The fraction of sp³-hybridized carbons (Fsp3) is 0.364. The number of nitrogens with one attached hydrogen (secondary N) is 1. The Hall–Kier alpha value is -0.640. The number of benzene rings is 1. The van der Waals surface area contributed by atoms with Crippen LogP contribution in [0.5, 0.6) is 0 Å². The monoisotopic (exact) mass is 295 g/mol. The summed E-state index contributed by atoms with van der Waals surface area (Å²) < 4.78 is 4.93. The normalized spacial score (nSPS) is 10.1. The van der Waals surface area contributed by atoms with Crippen molar-refractivity contribution < 1.29 is 9.53 Å². The molecule has 0 heterocycles. The maximum absolute atomic E-state index is 11.4. The Morgan fingerprint density at radius 2 is 1.88 bits per heavy atom. The summed E-state index contributed by atoms with van der Waals surface area (Å²) >= 11 is 17.5. The highest BCUT2D eigenvalue weighted by atomic mass is 35.5. The number of hydrogen-bond acceptors (Lipinski definition) is 2. The standard InChI is InChI=1S/C11H12Cl3NO2/c1-2-3-4-17-11(16)15-10-6-8(13)7(12)5-9(10)14/h5-6H,2-4H2,1H3,(H,15,16). The van der Waals surface area contributed by atoms with Gasteiger partial charge in [0.25, 0.3) is 0 Å². The van der Waals surface area contributed by atoms with E-state index in [1.807, 2.05) is 6.92 Å². The third-order valence-electron chi connectivity index (χ3n) is 1.98. The van der Waals surface area contributed by atoms with Gasteiger partial charge in [0, 0.05) is 0 Å². The summed E-state index contributed by atoms with van der Waals surface area (Å²) in [5.41, 5.74) is 0.377. The lowest BCUT2D eigenvalue weighted by molar-refractivity contribution is 0.160. The van der Waals surface area contributed by atoms with Crippen LogP contribution in [0.25, 0.3) is 0 Å². The van der Waals surface area contributed by atoms with Crippen molar-refractivity contribution in [2.45, 2.75) is 19.8 Å². The molecule has 3 nitrogen and oxygen atoms in total. The molecule has 1 aromatic rings. The number of halogens is 3. The van der Waals surface area contributed by atoms with Gasteiger partial charge in [-0.15, -0.1) is 0 Å². The lowest BCUT2D eigenvalue weighted by Gasteiger charge is -2.09. The van der Waals surface area contributed by atoms with Gasteiger partial charge in [0.1, 0.15) is 0 Å². The molecule has 0 unspecified atom stereocenters. The van der Waals surface area contributed by atoms with Crippen molar-refractivity contribution >= 4 is 46.6 Å². The van der Waals surface area contributed by atoms with E-state index in [9.17, 15) is 4.79 Å². The van der Waals surface area contributed by atoms with Crippen LogP contribution < -0.4 is 5.32 Å². The van der Waals surface area contributed by atoms with Gasteiger partial charge in [0.15, 0.2) is 0 Å². The maximum Gasteiger partial charge on any atom is 0.411 e. The van der Waals surface area contributed by atoms with Gasteiger partial charge >= 0.3 is 6.09 Å². The summed E-state index contributed by atoms with van der Waals surface area (Å²) in [5, 5.41) is 3.47. The fourth-order valence-corrected chi connectivity index (χ4v) is 1.67. The quantitative estimate of drug-likeness (QED) is 0.627. The zero-order valence-electron chi connectivity index (χ0n) is 9.23. The van der Waals surface area contributed by atoms with Gasteiger partial charge in [-0.1, -0.05) is 48.1 Å². The van der Waals surface area contributed by atoms with Crippen molar-refractivity contribution in [2.75, 3.05) is 11.9 Å². The molecule has 0 bridgehead atoms. The van der Waals surface area contributed by atoms with Crippen LogP contribution in [0.2, 0.25) is 15.1 Å². The molecule has 17 heavy (non-hydrogen) atoms. The first-order valence-electron chi connectivity index (χ1n) is 5.13. The molecule has 0 aliphatic carbocycles. The molecule has 0 aliphatic rings. The van der Waals surface area contributed by atoms with Crippen molar-refractivity contribution in [3.8, 4) is 0 Å². The highest BCUT2D eigenvalue weighted by Gasteiger charge is 2.09. The van der Waals surface area contributed by atoms with Gasteiger partial charge in [-0.05, 0) is 18.6 Å². The Labute approximate surface area is 115 Å². The van der Waals surface area contributed by atoms with E-state index in [0.717, 1.165) is 12.8 Å². The van der Waals surface area contributed by atoms with Crippen LogP contribution in [0.15, 0.2) is 12.1 Å². The average molecular weight is 297 g/mol. The molecule has 1 N–H and O–H groups in total. The third kappa shape index (κ3) is 4.62. The Balaban J connectivity index is 2.62. The fourth-order valence-electron chi connectivity index (χ4n) is 1.07. The third-order valence-corrected chi connectivity index (χ3v) is 3.01. The van der Waals surface area contributed by atoms with Crippen LogP contribution in [-0.2, 0) is 4.74 Å². The smallest absolute Gasteiger partial charge is 0.411 e. The molecule has 1 amide bonds. The number of unbranched alkanes of at least 4 members (excludes halogenated alkanes) is 1. The van der Waals surface area contributed by atoms with Crippen LogP contribution in [0, 0.1) is 0 Å². The van der Waals surface area contributed by atoms with Crippen molar-refractivity contribution in [3.63, 3.8) is 0 Å². The zero-order chi connectivity index (χ0) is 12.8. The molecule has 0 aromatic heterocycles. The predicted octanol–water partition coefficient (Wildman–Crippen LogP) is 5.00. The Kier molecular flexibility index (Phi) is 5.89. The van der Waals surface area contributed by atoms with E-state index in [-0.39, 0.29) is 0 Å². The number of anilines is 1. The van der Waals surface area contributed by atoms with E-state index in [2.05, 4.69) is 5.32 Å². The van der Waals surface area contributed by atoms with Crippen LogP contribution in [0.3, 0.4) is 0 Å². The minimum absolute atomic E-state index is 0.312. The summed E-state index contributed by atoms with van der Waals surface area (Å²) in [5.74, 6) is 0. The second kappa shape index (κ2) is 6.94. The van der Waals surface area contributed by atoms with Crippen molar-refractivity contribution in [2.24, 2.45) is 0 Å². The van der Waals surface area contributed by atoms with E-state index >= 15 is 0 Å². The Bertz CT molecular complexity index is 410. The van der Waals surface area contributed by atoms with Gasteiger partial charge in [-0.3, -0.25) is 5.32 Å². The summed E-state index contributed by atoms with van der Waals surface area (Å²) in [7, 11) is 0. The number of carbonyl (C=O) groups is 1. The topological polar surface area (TPSA) is 38.3 Å². The minimum Gasteiger partial charge on any atom is -0.449 e. The van der Waals surface area contributed by atoms with E-state index in [0.29, 0.717) is 27.4 Å². The van der Waals surface area contributed by atoms with Crippen molar-refractivity contribution in [1.82, 2.24) is 0 Å². The Morgan fingerprint density at radius 3 is 2.53 bits per heavy atom. The SMILES string of the molecule is CCCCOC(=O)Nc1cc(Cl)c(Cl)cc1Cl. The first-order valence-corrected chi connectivity index (χ1v) is 6.26. The second-order valence-electron chi connectivity index (χ2n) is 3.36. The number of ether oxygens (including phenoxy) is 1. The molecule has 1 rings (SSSR count). The Morgan fingerprint density at radius 1 is 1.24 bits per heavy atom. The van der Waals surface area contributed by atoms with Crippen LogP contribution >= 0.6 is 34.8 Å². The highest BCUT2D eigenvalue weighted by Crippen LogP contribution is 2.32. The largest absolute Gasteiger partial charge is 0.449 e. The van der Waals surface area contributed by atoms with Crippen LogP contribution in [0.4, 0.5) is 10.5 Å². The van der Waals surface area contributed by atoms with Gasteiger partial charge in [0.2, 0.25) is 0 Å². The van der Waals surface area contributed by atoms with E-state index in [4.69, 9.17) is 39.5 Å². The van der Waals surface area contributed by atoms with Gasteiger partial charge < -0.3 is 4.74 Å².